The van der Waals surface area contributed by atoms with Gasteiger partial charge in [-0.1, -0.05) is 25.1 Å². The molecule has 0 bridgehead atoms. The maximum Gasteiger partial charge on any atom is 0.303 e. The first kappa shape index (κ1) is 26.3. The molecule has 5 nitrogen and oxygen atoms in total. The van der Waals surface area contributed by atoms with Gasteiger partial charge in [0.2, 0.25) is 5.82 Å². The van der Waals surface area contributed by atoms with Crippen molar-refractivity contribution < 1.29 is 33.3 Å². The Labute approximate surface area is 189 Å². The zero-order valence-corrected chi connectivity index (χ0v) is 19.0. The lowest BCUT2D eigenvalue weighted by atomic mass is 9.82. The summed E-state index contributed by atoms with van der Waals surface area (Å²) in [4.78, 5) is 10.7. The van der Waals surface area contributed by atoms with Crippen molar-refractivity contribution in [1.82, 2.24) is 0 Å². The van der Waals surface area contributed by atoms with E-state index in [2.05, 4.69) is 13.0 Å². The van der Waals surface area contributed by atoms with Gasteiger partial charge in [-0.15, -0.1) is 0 Å². The Morgan fingerprint density at radius 3 is 2.78 bits per heavy atom. The molecule has 0 aromatic heterocycles. The Bertz CT molecular complexity index is 739. The van der Waals surface area contributed by atoms with E-state index in [1.165, 1.54) is 12.1 Å². The lowest BCUT2D eigenvalue weighted by molar-refractivity contribution is -0.137. The van der Waals surface area contributed by atoms with Crippen LogP contribution in [0.5, 0.6) is 5.75 Å². The summed E-state index contributed by atoms with van der Waals surface area (Å²) in [7, 11) is 1.72. The molecule has 1 aliphatic carbocycles. The fourth-order valence-corrected chi connectivity index (χ4v) is 4.73. The van der Waals surface area contributed by atoms with Crippen molar-refractivity contribution >= 4 is 5.97 Å². The molecule has 0 spiro atoms. The summed E-state index contributed by atoms with van der Waals surface area (Å²) in [5, 5.41) is 18.5. The van der Waals surface area contributed by atoms with Crippen LogP contribution >= 0.6 is 0 Å². The highest BCUT2D eigenvalue weighted by Gasteiger charge is 2.39. The van der Waals surface area contributed by atoms with Crippen LogP contribution in [0.3, 0.4) is 0 Å². The molecule has 1 saturated carbocycles. The summed E-state index contributed by atoms with van der Waals surface area (Å²) in [5.41, 5.74) is 0. The number of methoxy groups -OCH3 is 1. The molecule has 32 heavy (non-hydrogen) atoms. The quantitative estimate of drug-likeness (QED) is 0.298. The van der Waals surface area contributed by atoms with Crippen LogP contribution < -0.4 is 4.74 Å². The molecule has 0 aliphatic heterocycles. The van der Waals surface area contributed by atoms with Gasteiger partial charge in [0.15, 0.2) is 11.6 Å². The minimum Gasteiger partial charge on any atom is -0.490 e. The fraction of sp³-hybridized carbons (Fsp3) is 0.640. The van der Waals surface area contributed by atoms with Crippen LogP contribution in [0.4, 0.5) is 8.78 Å². The molecule has 0 heterocycles. The van der Waals surface area contributed by atoms with Gasteiger partial charge in [0.05, 0.1) is 12.7 Å². The first-order chi connectivity index (χ1) is 15.4. The number of ether oxygens (including phenoxy) is 2. The topological polar surface area (TPSA) is 76.0 Å². The molecule has 2 N–H and O–H groups in total. The maximum absolute atomic E-state index is 13.7. The summed E-state index contributed by atoms with van der Waals surface area (Å²) in [6, 6.07) is 3.88. The molecule has 5 atom stereocenters. The number of aliphatic carboxylic acids is 1. The zero-order chi connectivity index (χ0) is 23.5. The van der Waals surface area contributed by atoms with E-state index in [4.69, 9.17) is 14.6 Å². The Morgan fingerprint density at radius 2 is 2.09 bits per heavy atom. The first-order valence-corrected chi connectivity index (χ1v) is 11.5. The average Bonchev–Trinajstić information content (AvgIpc) is 3.07. The highest BCUT2D eigenvalue weighted by Crippen LogP contribution is 2.43. The van der Waals surface area contributed by atoms with Gasteiger partial charge in [0.25, 0.3) is 0 Å². The minimum atomic E-state index is -0.970. The second-order valence-corrected chi connectivity index (χ2v) is 8.76. The highest BCUT2D eigenvalue weighted by molar-refractivity contribution is 5.66. The van der Waals surface area contributed by atoms with E-state index in [1.807, 2.05) is 6.08 Å². The summed E-state index contributed by atoms with van der Waals surface area (Å²) < 4.78 is 38.0. The van der Waals surface area contributed by atoms with Crippen molar-refractivity contribution in [1.29, 1.82) is 0 Å². The SMILES string of the molecule is CO[C@@H]1C[C@H](C)[C@H](CC[C@@H](CO)CCCC(=O)O)[C@H]1/C=C/CCOc1cccc(F)c1F. The maximum atomic E-state index is 13.7. The molecule has 1 aliphatic rings. The molecule has 1 aromatic carbocycles. The Hall–Kier alpha value is -1.99. The lowest BCUT2D eigenvalue weighted by Crippen LogP contribution is -2.21. The highest BCUT2D eigenvalue weighted by atomic mass is 19.2. The number of hydrogen-bond acceptors (Lipinski definition) is 4. The number of carbonyl (C=O) groups is 1. The second kappa shape index (κ2) is 13.5. The third-order valence-electron chi connectivity index (χ3n) is 6.55. The summed E-state index contributed by atoms with van der Waals surface area (Å²) in [6.07, 6.45) is 9.03. The summed E-state index contributed by atoms with van der Waals surface area (Å²) in [5.74, 6) is -1.55. The number of benzene rings is 1. The van der Waals surface area contributed by atoms with Crippen LogP contribution in [0.15, 0.2) is 30.4 Å². The van der Waals surface area contributed by atoms with Crippen molar-refractivity contribution in [3.63, 3.8) is 0 Å². The molecular weight excluding hydrogens is 418 g/mol. The van der Waals surface area contributed by atoms with Crippen LogP contribution in [0.25, 0.3) is 0 Å². The van der Waals surface area contributed by atoms with Crippen LogP contribution in [0.1, 0.15) is 51.9 Å². The Morgan fingerprint density at radius 1 is 1.31 bits per heavy atom. The lowest BCUT2D eigenvalue weighted by Gasteiger charge is -2.25. The number of hydrogen-bond donors (Lipinski definition) is 2. The molecule has 0 saturated heterocycles. The third-order valence-corrected chi connectivity index (χ3v) is 6.55. The van der Waals surface area contributed by atoms with Gasteiger partial charge in [-0.2, -0.15) is 4.39 Å². The Balaban J connectivity index is 1.87. The van der Waals surface area contributed by atoms with Gasteiger partial charge in [0, 0.05) is 26.1 Å². The van der Waals surface area contributed by atoms with Crippen LogP contribution in [-0.4, -0.2) is 42.6 Å². The van der Waals surface area contributed by atoms with Gasteiger partial charge in [-0.3, -0.25) is 4.79 Å². The second-order valence-electron chi connectivity index (χ2n) is 8.76. The smallest absolute Gasteiger partial charge is 0.303 e. The van der Waals surface area contributed by atoms with Crippen molar-refractivity contribution in [3.05, 3.63) is 42.0 Å². The van der Waals surface area contributed by atoms with Crippen molar-refractivity contribution in [2.75, 3.05) is 20.3 Å². The van der Waals surface area contributed by atoms with Crippen molar-refractivity contribution in [2.24, 2.45) is 23.7 Å². The summed E-state index contributed by atoms with van der Waals surface area (Å²) in [6.45, 7) is 2.54. The van der Waals surface area contributed by atoms with Crippen molar-refractivity contribution in [2.45, 2.75) is 58.0 Å². The number of carboxylic acids is 1. The van der Waals surface area contributed by atoms with Gasteiger partial charge in [-0.25, -0.2) is 4.39 Å². The van der Waals surface area contributed by atoms with Gasteiger partial charge >= 0.3 is 5.97 Å². The van der Waals surface area contributed by atoms with E-state index in [0.717, 1.165) is 25.3 Å². The number of aliphatic hydroxyl groups excluding tert-OH is 1. The van der Waals surface area contributed by atoms with Gasteiger partial charge < -0.3 is 19.7 Å². The number of rotatable bonds is 14. The number of aliphatic hydroxyl groups is 1. The number of halogens is 2. The first-order valence-electron chi connectivity index (χ1n) is 11.5. The van der Waals surface area contributed by atoms with E-state index in [1.54, 1.807) is 7.11 Å². The van der Waals surface area contributed by atoms with E-state index in [9.17, 15) is 18.7 Å². The van der Waals surface area contributed by atoms with Crippen LogP contribution in [-0.2, 0) is 9.53 Å². The summed E-state index contributed by atoms with van der Waals surface area (Å²) >= 11 is 0. The van der Waals surface area contributed by atoms with Crippen molar-refractivity contribution in [3.8, 4) is 5.75 Å². The minimum absolute atomic E-state index is 0.0723. The van der Waals surface area contributed by atoms with Gasteiger partial charge in [0.1, 0.15) is 0 Å². The van der Waals surface area contributed by atoms with Crippen LogP contribution in [0.2, 0.25) is 0 Å². The third kappa shape index (κ3) is 7.85. The predicted molar refractivity (Wildman–Crippen MR) is 118 cm³/mol. The molecule has 180 valence electrons. The van der Waals surface area contributed by atoms with E-state index < -0.39 is 17.6 Å². The fourth-order valence-electron chi connectivity index (χ4n) is 4.73. The zero-order valence-electron chi connectivity index (χ0n) is 19.0. The largest absolute Gasteiger partial charge is 0.490 e. The standard InChI is InChI=1S/C25H36F2O5/c1-17-15-23(31-2)20(19(17)13-12-18(16-28)7-5-11-24(29)30)8-3-4-14-32-22-10-6-9-21(26)25(22)27/h3,6,8-10,17-20,23,28H,4-5,7,11-16H2,1-2H3,(H,29,30)/b8-3+/t17-,18-,19-,20+,23+/m0/s1. The van der Waals surface area contributed by atoms with Crippen LogP contribution in [0, 0.1) is 35.3 Å². The predicted octanol–water partition coefficient (Wildman–Crippen LogP) is 5.22. The molecule has 1 aromatic rings. The van der Waals surface area contributed by atoms with E-state index >= 15 is 0 Å². The van der Waals surface area contributed by atoms with E-state index in [0.29, 0.717) is 31.1 Å². The molecule has 2 rings (SSSR count). The molecule has 0 radical (unpaired) electrons. The molecule has 0 unspecified atom stereocenters. The molecule has 0 amide bonds. The molecule has 7 heteroatoms. The average molecular weight is 455 g/mol. The normalized spacial score (nSPS) is 24.2. The number of carboxylic acid groups (broad SMARTS) is 1. The molecular formula is C25H36F2O5. The van der Waals surface area contributed by atoms with Gasteiger partial charge in [-0.05, 0) is 68.4 Å². The molecule has 1 fully saturated rings. The monoisotopic (exact) mass is 454 g/mol. The Kier molecular flexibility index (Phi) is 11.1. The van der Waals surface area contributed by atoms with E-state index in [-0.39, 0.29) is 43.3 Å².